The molecule has 1 N–H and O–H groups in total. The number of fused-ring (bicyclic) bond motifs is 1. The molecule has 134 valence electrons. The molecule has 0 aliphatic rings. The van der Waals surface area contributed by atoms with Crippen LogP contribution < -0.4 is 5.32 Å². The van der Waals surface area contributed by atoms with Crippen molar-refractivity contribution < 1.29 is 4.79 Å². The minimum absolute atomic E-state index is 0.179. The second-order valence-electron chi connectivity index (χ2n) is 6.67. The number of aromatic nitrogens is 2. The predicted molar refractivity (Wildman–Crippen MR) is 111 cm³/mol. The highest BCUT2D eigenvalue weighted by atomic mass is 32.1. The van der Waals surface area contributed by atoms with Gasteiger partial charge in [-0.15, -0.1) is 11.3 Å². The number of anilines is 1. The number of amides is 1. The summed E-state index contributed by atoms with van der Waals surface area (Å²) in [4.78, 5) is 21.7. The fourth-order valence-corrected chi connectivity index (χ4v) is 3.79. The lowest BCUT2D eigenvalue weighted by Gasteiger charge is -2.05. The number of carbonyl (C=O) groups excluding carboxylic acids is 1. The summed E-state index contributed by atoms with van der Waals surface area (Å²) >= 11 is 1.43. The van der Waals surface area contributed by atoms with Crippen molar-refractivity contribution in [3.05, 3.63) is 76.3 Å². The third kappa shape index (κ3) is 3.59. The van der Waals surface area contributed by atoms with Crippen LogP contribution in [0.3, 0.4) is 0 Å². The first-order chi connectivity index (χ1) is 13.0. The van der Waals surface area contributed by atoms with Crippen LogP contribution in [0.25, 0.3) is 22.2 Å². The molecule has 4 aromatic rings. The third-order valence-electron chi connectivity index (χ3n) is 4.48. The summed E-state index contributed by atoms with van der Waals surface area (Å²) in [6, 6.07) is 15.8. The monoisotopic (exact) mass is 373 g/mol. The van der Waals surface area contributed by atoms with Crippen molar-refractivity contribution in [2.75, 3.05) is 5.32 Å². The van der Waals surface area contributed by atoms with E-state index in [2.05, 4.69) is 47.3 Å². The molecule has 0 saturated carbocycles. The second-order valence-corrected chi connectivity index (χ2v) is 7.53. The van der Waals surface area contributed by atoms with Crippen molar-refractivity contribution in [3.63, 3.8) is 0 Å². The van der Waals surface area contributed by atoms with Crippen LogP contribution >= 0.6 is 11.3 Å². The molecule has 0 spiro atoms. The molecule has 1 amide bonds. The summed E-state index contributed by atoms with van der Waals surface area (Å²) in [5.41, 5.74) is 6.68. The van der Waals surface area contributed by atoms with E-state index in [1.165, 1.54) is 22.5 Å². The first-order valence-corrected chi connectivity index (χ1v) is 9.59. The zero-order valence-corrected chi connectivity index (χ0v) is 16.2. The highest BCUT2D eigenvalue weighted by Gasteiger charge is 2.12. The van der Waals surface area contributed by atoms with Crippen LogP contribution in [-0.4, -0.2) is 15.9 Å². The number of benzene rings is 2. The van der Waals surface area contributed by atoms with E-state index in [1.54, 1.807) is 0 Å². The number of hydrogen-bond donors (Lipinski definition) is 1. The van der Waals surface area contributed by atoms with Gasteiger partial charge in [-0.1, -0.05) is 35.9 Å². The fraction of sp³-hybridized carbons (Fsp3) is 0.136. The normalized spacial score (nSPS) is 10.9. The molecule has 0 aliphatic carbocycles. The smallest absolute Gasteiger partial charge is 0.257 e. The lowest BCUT2D eigenvalue weighted by Crippen LogP contribution is -2.11. The van der Waals surface area contributed by atoms with E-state index in [1.807, 2.05) is 42.6 Å². The number of nitrogens with one attached hydrogen (secondary N) is 1. The van der Waals surface area contributed by atoms with Crippen molar-refractivity contribution in [3.8, 4) is 11.3 Å². The average molecular weight is 373 g/mol. The molecule has 5 heteroatoms. The van der Waals surface area contributed by atoms with Crippen LogP contribution in [0.4, 0.5) is 5.13 Å². The van der Waals surface area contributed by atoms with E-state index in [4.69, 9.17) is 0 Å². The van der Waals surface area contributed by atoms with Gasteiger partial charge in [0.15, 0.2) is 5.13 Å². The van der Waals surface area contributed by atoms with Crippen LogP contribution in [0.2, 0.25) is 0 Å². The molecule has 2 heterocycles. The van der Waals surface area contributed by atoms with Gasteiger partial charge in [-0.25, -0.2) is 4.98 Å². The molecular formula is C22H19N3OS. The minimum atomic E-state index is -0.179. The molecule has 4 nitrogen and oxygen atoms in total. The lowest BCUT2D eigenvalue weighted by molar-refractivity contribution is 0.102. The predicted octanol–water partition coefficient (Wildman–Crippen LogP) is 5.54. The summed E-state index contributed by atoms with van der Waals surface area (Å²) in [6.07, 6.45) is 0. The molecule has 0 fully saturated rings. The zero-order chi connectivity index (χ0) is 19.0. The van der Waals surface area contributed by atoms with E-state index in [-0.39, 0.29) is 5.91 Å². The van der Waals surface area contributed by atoms with E-state index >= 15 is 0 Å². The minimum Gasteiger partial charge on any atom is -0.298 e. The van der Waals surface area contributed by atoms with Crippen LogP contribution in [0.1, 0.15) is 27.2 Å². The van der Waals surface area contributed by atoms with Gasteiger partial charge in [-0.05, 0) is 44.5 Å². The first-order valence-electron chi connectivity index (χ1n) is 8.71. The van der Waals surface area contributed by atoms with E-state index in [9.17, 15) is 4.79 Å². The quantitative estimate of drug-likeness (QED) is 0.513. The topological polar surface area (TPSA) is 54.9 Å². The Bertz CT molecular complexity index is 1160. The molecule has 2 aromatic heterocycles. The second kappa shape index (κ2) is 6.93. The third-order valence-corrected chi connectivity index (χ3v) is 5.23. The molecular weight excluding hydrogens is 354 g/mol. The maximum Gasteiger partial charge on any atom is 0.257 e. The van der Waals surface area contributed by atoms with Gasteiger partial charge in [0.2, 0.25) is 0 Å². The van der Waals surface area contributed by atoms with Gasteiger partial charge < -0.3 is 0 Å². The van der Waals surface area contributed by atoms with Gasteiger partial charge in [-0.3, -0.25) is 15.1 Å². The Balaban J connectivity index is 1.57. The van der Waals surface area contributed by atoms with Crippen molar-refractivity contribution in [1.29, 1.82) is 0 Å². The summed E-state index contributed by atoms with van der Waals surface area (Å²) in [5, 5.41) is 6.48. The van der Waals surface area contributed by atoms with E-state index in [0.29, 0.717) is 10.7 Å². The maximum atomic E-state index is 12.6. The molecule has 0 atom stereocenters. The Morgan fingerprint density at radius 2 is 1.78 bits per heavy atom. The van der Waals surface area contributed by atoms with Crippen molar-refractivity contribution >= 4 is 33.3 Å². The van der Waals surface area contributed by atoms with Crippen LogP contribution in [0.15, 0.2) is 53.9 Å². The van der Waals surface area contributed by atoms with Crippen LogP contribution in [0, 0.1) is 20.8 Å². The Labute approximate surface area is 161 Å². The number of thiazole rings is 1. The van der Waals surface area contributed by atoms with Crippen molar-refractivity contribution in [2.24, 2.45) is 0 Å². The van der Waals surface area contributed by atoms with Gasteiger partial charge in [-0.2, -0.15) is 0 Å². The Morgan fingerprint density at radius 1 is 0.963 bits per heavy atom. The van der Waals surface area contributed by atoms with Crippen LogP contribution in [-0.2, 0) is 0 Å². The van der Waals surface area contributed by atoms with Crippen LogP contribution in [0.5, 0.6) is 0 Å². The van der Waals surface area contributed by atoms with Crippen molar-refractivity contribution in [1.82, 2.24) is 9.97 Å². The molecule has 0 saturated heterocycles. The number of rotatable bonds is 3. The number of nitrogens with zero attached hydrogens (tertiary/aromatic N) is 2. The Morgan fingerprint density at radius 3 is 2.59 bits per heavy atom. The standard InChI is InChI=1S/C22H19N3OS/c1-13-4-9-18(14(2)10-13)20-12-27-22(24-20)25-21(26)17-8-7-16-6-5-15(3)23-19(16)11-17/h4-12H,1-3H3,(H,24,25,26). The molecule has 4 rings (SSSR count). The van der Waals surface area contributed by atoms with Gasteiger partial charge in [0, 0.05) is 27.6 Å². The van der Waals surface area contributed by atoms with Crippen molar-refractivity contribution in [2.45, 2.75) is 20.8 Å². The number of carbonyl (C=O) groups is 1. The first kappa shape index (κ1) is 17.4. The number of pyridine rings is 1. The van der Waals surface area contributed by atoms with Gasteiger partial charge >= 0.3 is 0 Å². The van der Waals surface area contributed by atoms with Gasteiger partial charge in [0.1, 0.15) is 0 Å². The molecule has 2 aromatic carbocycles. The van der Waals surface area contributed by atoms with E-state index < -0.39 is 0 Å². The number of hydrogen-bond acceptors (Lipinski definition) is 4. The van der Waals surface area contributed by atoms with Gasteiger partial charge in [0.25, 0.3) is 5.91 Å². The average Bonchev–Trinajstić information content (AvgIpc) is 3.09. The molecule has 0 unspecified atom stereocenters. The SMILES string of the molecule is Cc1ccc(-c2csc(NC(=O)c3ccc4ccc(C)nc4c3)n2)c(C)c1. The summed E-state index contributed by atoms with van der Waals surface area (Å²) < 4.78 is 0. The Hall–Kier alpha value is -3.05. The van der Waals surface area contributed by atoms with Gasteiger partial charge in [0.05, 0.1) is 11.2 Å². The molecule has 27 heavy (non-hydrogen) atoms. The largest absolute Gasteiger partial charge is 0.298 e. The molecule has 0 radical (unpaired) electrons. The molecule has 0 aliphatic heterocycles. The van der Waals surface area contributed by atoms with E-state index in [0.717, 1.165) is 27.9 Å². The summed E-state index contributed by atoms with van der Waals surface area (Å²) in [7, 11) is 0. The lowest BCUT2D eigenvalue weighted by atomic mass is 10.0. The number of aryl methyl sites for hydroxylation is 3. The highest BCUT2D eigenvalue weighted by Crippen LogP contribution is 2.28. The zero-order valence-electron chi connectivity index (χ0n) is 15.4. The Kier molecular flexibility index (Phi) is 4.46. The highest BCUT2D eigenvalue weighted by molar-refractivity contribution is 7.14. The summed E-state index contributed by atoms with van der Waals surface area (Å²) in [6.45, 7) is 6.09. The maximum absolute atomic E-state index is 12.6. The molecule has 0 bridgehead atoms. The fourth-order valence-electron chi connectivity index (χ4n) is 3.09. The summed E-state index contributed by atoms with van der Waals surface area (Å²) in [5.74, 6) is -0.179.